The van der Waals surface area contributed by atoms with Crippen LogP contribution in [0.5, 0.6) is 5.75 Å². The molecule has 0 aliphatic carbocycles. The van der Waals surface area contributed by atoms with E-state index in [0.29, 0.717) is 12.3 Å². The predicted molar refractivity (Wildman–Crippen MR) is 71.4 cm³/mol. The zero-order chi connectivity index (χ0) is 13.0. The maximum atomic E-state index is 9.45. The van der Waals surface area contributed by atoms with Gasteiger partial charge in [0.05, 0.1) is 0 Å². The third kappa shape index (κ3) is 3.11. The van der Waals surface area contributed by atoms with Gasteiger partial charge in [-0.15, -0.1) is 0 Å². The minimum atomic E-state index is 0.148. The Hall–Kier alpha value is -1.81. The van der Waals surface area contributed by atoms with Gasteiger partial charge in [-0.05, 0) is 24.1 Å². The molecule has 0 radical (unpaired) electrons. The molecule has 0 aliphatic rings. The van der Waals surface area contributed by atoms with Crippen molar-refractivity contribution in [2.75, 3.05) is 0 Å². The van der Waals surface area contributed by atoms with E-state index in [1.54, 1.807) is 18.3 Å². The Labute approximate surface area is 107 Å². The Balaban J connectivity index is 2.12. The van der Waals surface area contributed by atoms with Crippen molar-refractivity contribution in [3.8, 4) is 5.75 Å². The number of aromatic nitrogens is 2. The van der Waals surface area contributed by atoms with Gasteiger partial charge in [-0.2, -0.15) is 0 Å². The first kappa shape index (κ1) is 12.6. The van der Waals surface area contributed by atoms with E-state index in [2.05, 4.69) is 16.5 Å². The summed E-state index contributed by atoms with van der Waals surface area (Å²) >= 11 is 0. The molecule has 2 rings (SSSR count). The van der Waals surface area contributed by atoms with Crippen LogP contribution < -0.4 is 5.73 Å². The summed E-state index contributed by atoms with van der Waals surface area (Å²) in [5.41, 5.74) is 7.01. The lowest BCUT2D eigenvalue weighted by molar-refractivity contribution is 0.474. The highest BCUT2D eigenvalue weighted by Gasteiger charge is 2.08. The predicted octanol–water partition coefficient (Wildman–Crippen LogP) is 1.92. The highest BCUT2D eigenvalue weighted by Crippen LogP contribution is 2.13. The number of nitrogens with two attached hydrogens (primary N) is 1. The first-order chi connectivity index (χ1) is 8.69. The van der Waals surface area contributed by atoms with E-state index in [1.165, 1.54) is 0 Å². The number of nitrogens with zero attached hydrogens (tertiary/aromatic N) is 2. The van der Waals surface area contributed by atoms with Gasteiger partial charge in [-0.1, -0.05) is 19.1 Å². The van der Waals surface area contributed by atoms with Crippen LogP contribution >= 0.6 is 0 Å². The zero-order valence-corrected chi connectivity index (χ0v) is 10.6. The van der Waals surface area contributed by atoms with Crippen molar-refractivity contribution in [3.63, 3.8) is 0 Å². The van der Waals surface area contributed by atoms with Gasteiger partial charge in [-0.25, -0.2) is 4.98 Å². The van der Waals surface area contributed by atoms with Crippen LogP contribution in [-0.2, 0) is 13.0 Å². The smallest absolute Gasteiger partial charge is 0.115 e. The second-order valence-electron chi connectivity index (χ2n) is 4.51. The fourth-order valence-electron chi connectivity index (χ4n) is 1.90. The molecule has 1 aromatic carbocycles. The number of hydrogen-bond donors (Lipinski definition) is 2. The Kier molecular flexibility index (Phi) is 3.99. The summed E-state index contributed by atoms with van der Waals surface area (Å²) in [5.74, 6) is 1.28. The fourth-order valence-corrected chi connectivity index (χ4v) is 1.90. The summed E-state index contributed by atoms with van der Waals surface area (Å²) in [6, 6.07) is 7.42. The van der Waals surface area contributed by atoms with E-state index >= 15 is 0 Å². The summed E-state index contributed by atoms with van der Waals surface area (Å²) in [4.78, 5) is 4.34. The number of rotatable bonds is 5. The maximum absolute atomic E-state index is 9.45. The molecule has 0 fully saturated rings. The highest BCUT2D eigenvalue weighted by atomic mass is 16.3. The number of hydrogen-bond acceptors (Lipinski definition) is 3. The SMILES string of the molecule is CCC(N)Cc1nccn1Cc1cccc(O)c1. The van der Waals surface area contributed by atoms with E-state index in [4.69, 9.17) is 5.73 Å². The average Bonchev–Trinajstić information content (AvgIpc) is 2.76. The van der Waals surface area contributed by atoms with E-state index in [1.807, 2.05) is 18.3 Å². The molecule has 1 atom stereocenters. The molecule has 0 saturated carbocycles. The second kappa shape index (κ2) is 5.69. The number of imidazole rings is 1. The second-order valence-corrected chi connectivity index (χ2v) is 4.51. The average molecular weight is 245 g/mol. The zero-order valence-electron chi connectivity index (χ0n) is 10.6. The molecule has 2 aromatic rings. The molecule has 18 heavy (non-hydrogen) atoms. The van der Waals surface area contributed by atoms with Crippen LogP contribution in [0, 0.1) is 0 Å². The van der Waals surface area contributed by atoms with Crippen molar-refractivity contribution in [1.82, 2.24) is 9.55 Å². The lowest BCUT2D eigenvalue weighted by Gasteiger charge is -2.11. The van der Waals surface area contributed by atoms with Crippen LogP contribution in [0.15, 0.2) is 36.7 Å². The van der Waals surface area contributed by atoms with Crippen LogP contribution in [0.4, 0.5) is 0 Å². The third-order valence-corrected chi connectivity index (χ3v) is 3.03. The molecule has 4 nitrogen and oxygen atoms in total. The fraction of sp³-hybridized carbons (Fsp3) is 0.357. The molecule has 1 heterocycles. The molecule has 1 aromatic heterocycles. The lowest BCUT2D eigenvalue weighted by Crippen LogP contribution is -2.23. The Morgan fingerprint density at radius 1 is 1.44 bits per heavy atom. The van der Waals surface area contributed by atoms with Crippen LogP contribution in [0.1, 0.15) is 24.7 Å². The van der Waals surface area contributed by atoms with Gasteiger partial charge in [0, 0.05) is 31.4 Å². The van der Waals surface area contributed by atoms with Crippen molar-refractivity contribution < 1.29 is 5.11 Å². The van der Waals surface area contributed by atoms with Crippen LogP contribution in [0.25, 0.3) is 0 Å². The normalized spacial score (nSPS) is 12.6. The monoisotopic (exact) mass is 245 g/mol. The van der Waals surface area contributed by atoms with Crippen LogP contribution in [0.2, 0.25) is 0 Å². The van der Waals surface area contributed by atoms with Gasteiger partial charge >= 0.3 is 0 Å². The molecule has 0 amide bonds. The molecule has 1 unspecified atom stereocenters. The van der Waals surface area contributed by atoms with Crippen molar-refractivity contribution in [1.29, 1.82) is 0 Å². The number of benzene rings is 1. The minimum absolute atomic E-state index is 0.148. The van der Waals surface area contributed by atoms with Crippen molar-refractivity contribution in [3.05, 3.63) is 48.0 Å². The van der Waals surface area contributed by atoms with Gasteiger partial charge < -0.3 is 15.4 Å². The third-order valence-electron chi connectivity index (χ3n) is 3.03. The highest BCUT2D eigenvalue weighted by molar-refractivity contribution is 5.27. The summed E-state index contributed by atoms with van der Waals surface area (Å²) in [7, 11) is 0. The molecular formula is C14H19N3O. The molecule has 0 bridgehead atoms. The minimum Gasteiger partial charge on any atom is -0.508 e. The molecule has 3 N–H and O–H groups in total. The number of phenolic OH excluding ortho intramolecular Hbond substituents is 1. The lowest BCUT2D eigenvalue weighted by atomic mass is 10.1. The first-order valence-corrected chi connectivity index (χ1v) is 6.22. The van der Waals surface area contributed by atoms with Crippen molar-refractivity contribution in [2.45, 2.75) is 32.4 Å². The summed E-state index contributed by atoms with van der Waals surface area (Å²) < 4.78 is 2.07. The molecule has 0 saturated heterocycles. The molecule has 96 valence electrons. The largest absolute Gasteiger partial charge is 0.508 e. The number of phenols is 1. The Morgan fingerprint density at radius 2 is 2.28 bits per heavy atom. The standard InChI is InChI=1S/C14H19N3O/c1-2-12(15)9-14-16-6-7-17(14)10-11-4-3-5-13(18)8-11/h3-8,12,18H,2,9-10,15H2,1H3. The molecular weight excluding hydrogens is 226 g/mol. The van der Waals surface area contributed by atoms with Crippen LogP contribution in [-0.4, -0.2) is 20.7 Å². The van der Waals surface area contributed by atoms with Crippen molar-refractivity contribution in [2.24, 2.45) is 5.73 Å². The quantitative estimate of drug-likeness (QED) is 0.845. The molecule has 0 spiro atoms. The van der Waals surface area contributed by atoms with E-state index in [-0.39, 0.29) is 6.04 Å². The Morgan fingerprint density at radius 3 is 3.00 bits per heavy atom. The van der Waals surface area contributed by atoms with E-state index in [0.717, 1.165) is 24.2 Å². The maximum Gasteiger partial charge on any atom is 0.115 e. The summed E-state index contributed by atoms with van der Waals surface area (Å²) in [5, 5.41) is 9.45. The first-order valence-electron chi connectivity index (χ1n) is 6.22. The van der Waals surface area contributed by atoms with Gasteiger partial charge in [0.15, 0.2) is 0 Å². The molecule has 4 heteroatoms. The van der Waals surface area contributed by atoms with Gasteiger partial charge in [0.25, 0.3) is 0 Å². The van der Waals surface area contributed by atoms with Crippen molar-refractivity contribution >= 4 is 0 Å². The van der Waals surface area contributed by atoms with E-state index < -0.39 is 0 Å². The van der Waals surface area contributed by atoms with Gasteiger partial charge in [0.1, 0.15) is 11.6 Å². The number of aromatic hydroxyl groups is 1. The van der Waals surface area contributed by atoms with E-state index in [9.17, 15) is 5.11 Å². The topological polar surface area (TPSA) is 64.1 Å². The van der Waals surface area contributed by atoms with Crippen LogP contribution in [0.3, 0.4) is 0 Å². The summed E-state index contributed by atoms with van der Waals surface area (Å²) in [6.07, 6.45) is 5.46. The Bertz CT molecular complexity index is 507. The molecule has 0 aliphatic heterocycles. The summed E-state index contributed by atoms with van der Waals surface area (Å²) in [6.45, 7) is 2.79. The van der Waals surface area contributed by atoms with Gasteiger partial charge in [-0.3, -0.25) is 0 Å². The van der Waals surface area contributed by atoms with Gasteiger partial charge in [0.2, 0.25) is 0 Å².